The van der Waals surface area contributed by atoms with Crippen LogP contribution in [0.3, 0.4) is 0 Å². The Morgan fingerprint density at radius 2 is 1.55 bits per heavy atom. The first-order chi connectivity index (χ1) is 15.0. The van der Waals surface area contributed by atoms with Crippen LogP contribution in [0.25, 0.3) is 16.8 Å². The van der Waals surface area contributed by atoms with E-state index in [1.54, 1.807) is 35.9 Å². The summed E-state index contributed by atoms with van der Waals surface area (Å²) in [6, 6.07) is 23.7. The number of benzene rings is 3. The van der Waals surface area contributed by atoms with E-state index in [9.17, 15) is 9.59 Å². The number of hydrogen-bond donors (Lipinski definition) is 1. The fourth-order valence-corrected chi connectivity index (χ4v) is 3.54. The van der Waals surface area contributed by atoms with Crippen LogP contribution in [-0.2, 0) is 0 Å². The Kier molecular flexibility index (Phi) is 5.69. The maximum atomic E-state index is 13.2. The molecular weight excluding hydrogens is 410 g/mol. The van der Waals surface area contributed by atoms with Crippen LogP contribution in [0.5, 0.6) is 0 Å². The first kappa shape index (κ1) is 20.6. The van der Waals surface area contributed by atoms with E-state index in [1.165, 1.54) is 0 Å². The van der Waals surface area contributed by atoms with Crippen molar-refractivity contribution in [1.29, 1.82) is 0 Å². The zero-order valence-electron chi connectivity index (χ0n) is 17.1. The predicted molar refractivity (Wildman–Crippen MR) is 124 cm³/mol. The zero-order chi connectivity index (χ0) is 22.0. The SMILES string of the molecule is Cc1ccc(-c2c(NC(=O)c3ccccc3Cl)n(-c3ccccc3)nc(C)c2=O)cc1. The molecule has 0 fully saturated rings. The molecule has 1 amide bonds. The lowest BCUT2D eigenvalue weighted by molar-refractivity contribution is 0.102. The zero-order valence-corrected chi connectivity index (χ0v) is 17.9. The highest BCUT2D eigenvalue weighted by molar-refractivity contribution is 6.34. The second kappa shape index (κ2) is 8.58. The Balaban J connectivity index is 1.97. The van der Waals surface area contributed by atoms with Gasteiger partial charge in [0.15, 0.2) is 0 Å². The van der Waals surface area contributed by atoms with Crippen molar-refractivity contribution in [2.75, 3.05) is 5.32 Å². The number of rotatable bonds is 4. The number of nitrogens with zero attached hydrogens (tertiary/aromatic N) is 2. The maximum Gasteiger partial charge on any atom is 0.258 e. The molecule has 0 saturated heterocycles. The van der Waals surface area contributed by atoms with Gasteiger partial charge in [-0.15, -0.1) is 0 Å². The molecule has 5 nitrogen and oxygen atoms in total. The third-order valence-corrected chi connectivity index (χ3v) is 5.28. The lowest BCUT2D eigenvalue weighted by Crippen LogP contribution is -2.25. The molecule has 3 aromatic carbocycles. The number of carbonyl (C=O) groups excluding carboxylic acids is 1. The smallest absolute Gasteiger partial charge is 0.258 e. The van der Waals surface area contributed by atoms with E-state index < -0.39 is 5.91 Å². The molecule has 0 atom stereocenters. The van der Waals surface area contributed by atoms with Gasteiger partial charge in [0.25, 0.3) is 5.91 Å². The number of anilines is 1. The van der Waals surface area contributed by atoms with Crippen molar-refractivity contribution in [3.8, 4) is 16.8 Å². The first-order valence-corrected chi connectivity index (χ1v) is 10.2. The molecule has 1 aromatic heterocycles. The standard InChI is InChI=1S/C25H20ClN3O2/c1-16-12-14-18(15-13-16)22-23(30)17(2)28-29(19-8-4-3-5-9-19)24(22)27-25(31)20-10-6-7-11-21(20)26/h3-15H,1-2H3,(H,27,31). The van der Waals surface area contributed by atoms with Crippen molar-refractivity contribution < 1.29 is 4.79 Å². The summed E-state index contributed by atoms with van der Waals surface area (Å²) in [4.78, 5) is 26.3. The van der Waals surface area contributed by atoms with E-state index in [-0.39, 0.29) is 11.2 Å². The summed E-state index contributed by atoms with van der Waals surface area (Å²) >= 11 is 6.23. The normalized spacial score (nSPS) is 10.7. The third-order valence-electron chi connectivity index (χ3n) is 4.95. The van der Waals surface area contributed by atoms with Crippen molar-refractivity contribution in [1.82, 2.24) is 9.78 Å². The van der Waals surface area contributed by atoms with Gasteiger partial charge in [-0.3, -0.25) is 9.59 Å². The number of halogens is 1. The third kappa shape index (κ3) is 4.13. The molecule has 31 heavy (non-hydrogen) atoms. The van der Waals surface area contributed by atoms with Crippen LogP contribution in [-0.4, -0.2) is 15.7 Å². The van der Waals surface area contributed by atoms with Gasteiger partial charge in [0.2, 0.25) is 5.43 Å². The van der Waals surface area contributed by atoms with Crippen molar-refractivity contribution in [3.05, 3.63) is 111 Å². The van der Waals surface area contributed by atoms with Crippen molar-refractivity contribution in [2.45, 2.75) is 13.8 Å². The van der Waals surface area contributed by atoms with Gasteiger partial charge in [-0.2, -0.15) is 5.10 Å². The number of nitrogens with one attached hydrogen (secondary N) is 1. The summed E-state index contributed by atoms with van der Waals surface area (Å²) < 4.78 is 1.58. The van der Waals surface area contributed by atoms with Gasteiger partial charge < -0.3 is 5.32 Å². The molecule has 4 rings (SSSR count). The molecule has 1 N–H and O–H groups in total. The fraction of sp³-hybridized carbons (Fsp3) is 0.0800. The van der Waals surface area contributed by atoms with E-state index in [2.05, 4.69) is 10.4 Å². The van der Waals surface area contributed by atoms with Gasteiger partial charge in [0.05, 0.1) is 21.8 Å². The number of amides is 1. The maximum absolute atomic E-state index is 13.2. The second-order valence-corrected chi connectivity index (χ2v) is 7.59. The minimum atomic E-state index is -0.423. The average molecular weight is 430 g/mol. The number of para-hydroxylation sites is 1. The average Bonchev–Trinajstić information content (AvgIpc) is 2.78. The summed E-state index contributed by atoms with van der Waals surface area (Å²) in [5.41, 5.74) is 3.25. The van der Waals surface area contributed by atoms with Crippen LogP contribution in [0, 0.1) is 13.8 Å². The molecule has 1 heterocycles. The van der Waals surface area contributed by atoms with Crippen molar-refractivity contribution in [3.63, 3.8) is 0 Å². The monoisotopic (exact) mass is 429 g/mol. The van der Waals surface area contributed by atoms with Gasteiger partial charge >= 0.3 is 0 Å². The topological polar surface area (TPSA) is 64.0 Å². The van der Waals surface area contributed by atoms with Crippen LogP contribution < -0.4 is 10.7 Å². The minimum Gasteiger partial charge on any atom is -0.306 e. The number of aryl methyl sites for hydroxylation is 2. The van der Waals surface area contributed by atoms with Crippen molar-refractivity contribution >= 4 is 23.3 Å². The molecule has 154 valence electrons. The number of hydrogen-bond acceptors (Lipinski definition) is 3. The molecule has 0 aliphatic heterocycles. The second-order valence-electron chi connectivity index (χ2n) is 7.19. The van der Waals surface area contributed by atoms with Gasteiger partial charge in [-0.1, -0.05) is 71.8 Å². The predicted octanol–water partition coefficient (Wildman–Crippen LogP) is 5.42. The van der Waals surface area contributed by atoms with Crippen LogP contribution in [0.2, 0.25) is 5.02 Å². The van der Waals surface area contributed by atoms with E-state index in [4.69, 9.17) is 11.6 Å². The Labute approximate surface area is 184 Å². The Morgan fingerprint density at radius 1 is 0.903 bits per heavy atom. The molecular formula is C25H20ClN3O2. The van der Waals surface area contributed by atoms with E-state index in [0.29, 0.717) is 33.1 Å². The first-order valence-electron chi connectivity index (χ1n) is 9.78. The highest BCUT2D eigenvalue weighted by atomic mass is 35.5. The lowest BCUT2D eigenvalue weighted by atomic mass is 10.0. The largest absolute Gasteiger partial charge is 0.306 e. The summed E-state index contributed by atoms with van der Waals surface area (Å²) in [7, 11) is 0. The summed E-state index contributed by atoms with van der Waals surface area (Å²) in [5, 5.41) is 7.69. The highest BCUT2D eigenvalue weighted by Gasteiger charge is 2.21. The summed E-state index contributed by atoms with van der Waals surface area (Å²) in [6.45, 7) is 3.64. The van der Waals surface area contributed by atoms with Gasteiger partial charge in [0.1, 0.15) is 11.5 Å². The van der Waals surface area contributed by atoms with Gasteiger partial charge in [-0.05, 0) is 43.7 Å². The van der Waals surface area contributed by atoms with Crippen molar-refractivity contribution in [2.24, 2.45) is 0 Å². The van der Waals surface area contributed by atoms with Gasteiger partial charge in [0, 0.05) is 0 Å². The van der Waals surface area contributed by atoms with Crippen LogP contribution in [0.1, 0.15) is 21.6 Å². The minimum absolute atomic E-state index is 0.245. The van der Waals surface area contributed by atoms with Crippen LogP contribution in [0.15, 0.2) is 83.7 Å². The van der Waals surface area contributed by atoms with Crippen LogP contribution >= 0.6 is 11.6 Å². The molecule has 0 unspecified atom stereocenters. The molecule has 0 spiro atoms. The molecule has 6 heteroatoms. The Hall–Kier alpha value is -3.70. The van der Waals surface area contributed by atoms with Crippen LogP contribution in [0.4, 0.5) is 5.82 Å². The molecule has 0 aliphatic rings. The highest BCUT2D eigenvalue weighted by Crippen LogP contribution is 2.28. The summed E-state index contributed by atoms with van der Waals surface area (Å²) in [6.07, 6.45) is 0. The molecule has 0 aliphatic carbocycles. The van der Waals surface area contributed by atoms with E-state index in [0.717, 1.165) is 5.56 Å². The quantitative estimate of drug-likeness (QED) is 0.471. The van der Waals surface area contributed by atoms with Gasteiger partial charge in [-0.25, -0.2) is 4.68 Å². The van der Waals surface area contributed by atoms with E-state index in [1.807, 2.05) is 61.5 Å². The van der Waals surface area contributed by atoms with E-state index >= 15 is 0 Å². The molecule has 0 saturated carbocycles. The molecule has 0 radical (unpaired) electrons. The molecule has 4 aromatic rings. The number of carbonyl (C=O) groups is 1. The Morgan fingerprint density at radius 3 is 2.23 bits per heavy atom. The summed E-state index contributed by atoms with van der Waals surface area (Å²) in [5.74, 6) is -0.135. The molecule has 0 bridgehead atoms. The Bertz CT molecular complexity index is 1310. The lowest BCUT2D eigenvalue weighted by Gasteiger charge is -2.18. The number of aromatic nitrogens is 2. The fourth-order valence-electron chi connectivity index (χ4n) is 3.32.